The topological polar surface area (TPSA) is 55.4 Å². The van der Waals surface area contributed by atoms with Crippen molar-refractivity contribution in [2.24, 2.45) is 0 Å². The van der Waals surface area contributed by atoms with E-state index in [1.54, 1.807) is 17.5 Å². The highest BCUT2D eigenvalue weighted by Gasteiger charge is 2.25. The van der Waals surface area contributed by atoms with Crippen LogP contribution in [0.1, 0.15) is 32.5 Å². The van der Waals surface area contributed by atoms with Crippen LogP contribution in [0.5, 0.6) is 0 Å². The van der Waals surface area contributed by atoms with Crippen molar-refractivity contribution in [1.29, 1.82) is 0 Å². The van der Waals surface area contributed by atoms with Gasteiger partial charge in [-0.25, -0.2) is 4.79 Å². The molecule has 1 N–H and O–H groups in total. The lowest BCUT2D eigenvalue weighted by Gasteiger charge is -2.18. The van der Waals surface area contributed by atoms with Crippen molar-refractivity contribution in [2.45, 2.75) is 19.4 Å². The van der Waals surface area contributed by atoms with Crippen LogP contribution in [0, 0.1) is 6.92 Å². The number of esters is 1. The number of hydrogen-bond donors (Lipinski definition) is 1. The van der Waals surface area contributed by atoms with E-state index in [0.717, 1.165) is 11.1 Å². The molecule has 0 aliphatic rings. The Hall–Kier alpha value is -2.92. The quantitative estimate of drug-likeness (QED) is 0.622. The van der Waals surface area contributed by atoms with Gasteiger partial charge in [0.25, 0.3) is 5.91 Å². The third-order valence-electron chi connectivity index (χ3n) is 4.12. The fraction of sp³-hybridized carbons (Fsp3) is 0.182. The molecule has 0 saturated carbocycles. The molecule has 3 rings (SSSR count). The highest BCUT2D eigenvalue weighted by atomic mass is 32.1. The Kier molecular flexibility index (Phi) is 6.39. The Morgan fingerprint density at radius 1 is 1.00 bits per heavy atom. The zero-order valence-corrected chi connectivity index (χ0v) is 15.9. The second-order valence-corrected chi connectivity index (χ2v) is 7.15. The van der Waals surface area contributed by atoms with Crippen LogP contribution in [0.25, 0.3) is 0 Å². The monoisotopic (exact) mass is 379 g/mol. The average Bonchev–Trinajstić information content (AvgIpc) is 3.22. The van der Waals surface area contributed by atoms with Gasteiger partial charge in [-0.3, -0.25) is 4.79 Å². The third kappa shape index (κ3) is 5.28. The lowest BCUT2D eigenvalue weighted by Crippen LogP contribution is -2.33. The number of thiophene rings is 1. The summed E-state index contributed by atoms with van der Waals surface area (Å²) in [4.78, 5) is 25.6. The Labute approximate surface area is 162 Å². The van der Waals surface area contributed by atoms with Gasteiger partial charge in [-0.2, -0.15) is 0 Å². The van der Waals surface area contributed by atoms with Crippen molar-refractivity contribution in [1.82, 2.24) is 5.32 Å². The Bertz CT molecular complexity index is 874. The maximum atomic E-state index is 12.7. The van der Waals surface area contributed by atoms with E-state index in [1.807, 2.05) is 61.5 Å². The number of ether oxygens (including phenoxy) is 1. The zero-order valence-electron chi connectivity index (χ0n) is 15.1. The van der Waals surface area contributed by atoms with Crippen LogP contribution >= 0.6 is 11.3 Å². The van der Waals surface area contributed by atoms with Gasteiger partial charge in [-0.1, -0.05) is 66.2 Å². The van der Waals surface area contributed by atoms with E-state index < -0.39 is 12.1 Å². The van der Waals surface area contributed by atoms with Crippen molar-refractivity contribution in [2.75, 3.05) is 6.54 Å². The second-order valence-electron chi connectivity index (χ2n) is 6.20. The summed E-state index contributed by atoms with van der Waals surface area (Å²) in [5.74, 6) is -0.812. The molecule has 2 aromatic carbocycles. The summed E-state index contributed by atoms with van der Waals surface area (Å²) in [6.45, 7) is 2.44. The van der Waals surface area contributed by atoms with Gasteiger partial charge in [0.1, 0.15) is 4.88 Å². The van der Waals surface area contributed by atoms with Crippen molar-refractivity contribution < 1.29 is 14.3 Å². The normalized spacial score (nSPS) is 11.6. The van der Waals surface area contributed by atoms with Crippen molar-refractivity contribution in [3.8, 4) is 0 Å². The molecule has 0 radical (unpaired) electrons. The summed E-state index contributed by atoms with van der Waals surface area (Å²) in [5, 5.41) is 4.69. The maximum absolute atomic E-state index is 12.7. The molecule has 1 atom stereocenters. The molecule has 0 spiro atoms. The fourth-order valence-corrected chi connectivity index (χ4v) is 3.25. The number of aryl methyl sites for hydroxylation is 1. The summed E-state index contributed by atoms with van der Waals surface area (Å²) in [7, 11) is 0. The highest BCUT2D eigenvalue weighted by Crippen LogP contribution is 2.22. The van der Waals surface area contributed by atoms with Crippen molar-refractivity contribution in [3.05, 3.63) is 93.7 Å². The molecule has 5 heteroatoms. The molecule has 0 fully saturated rings. The van der Waals surface area contributed by atoms with Gasteiger partial charge < -0.3 is 10.1 Å². The van der Waals surface area contributed by atoms with E-state index in [-0.39, 0.29) is 5.91 Å². The van der Waals surface area contributed by atoms with Crippen LogP contribution in [-0.2, 0) is 16.0 Å². The smallest absolute Gasteiger partial charge is 0.349 e. The summed E-state index contributed by atoms with van der Waals surface area (Å²) in [5.41, 5.74) is 2.87. The molecule has 3 aromatic rings. The van der Waals surface area contributed by atoms with E-state index in [1.165, 1.54) is 11.3 Å². The van der Waals surface area contributed by atoms with Gasteiger partial charge in [-0.15, -0.1) is 11.3 Å². The van der Waals surface area contributed by atoms with Crippen LogP contribution in [-0.4, -0.2) is 18.4 Å². The standard InChI is InChI=1S/C22H21NO3S/c1-16-9-11-18(12-10-16)20(26-22(25)19-8-5-15-27-19)21(24)23-14-13-17-6-3-2-4-7-17/h2-12,15,20H,13-14H2,1H3,(H,23,24). The average molecular weight is 379 g/mol. The number of nitrogens with one attached hydrogen (secondary N) is 1. The lowest BCUT2D eigenvalue weighted by atomic mass is 10.1. The van der Waals surface area contributed by atoms with Crippen LogP contribution in [0.4, 0.5) is 0 Å². The SMILES string of the molecule is Cc1ccc(C(OC(=O)c2cccs2)C(=O)NCCc2ccccc2)cc1. The third-order valence-corrected chi connectivity index (χ3v) is 4.97. The minimum Gasteiger partial charge on any atom is -0.443 e. The van der Waals surface area contributed by atoms with E-state index in [2.05, 4.69) is 5.32 Å². The minimum absolute atomic E-state index is 0.320. The molecule has 1 aromatic heterocycles. The number of benzene rings is 2. The summed E-state index contributed by atoms with van der Waals surface area (Å²) in [6, 6.07) is 20.8. The van der Waals surface area contributed by atoms with Gasteiger partial charge >= 0.3 is 5.97 Å². The van der Waals surface area contributed by atoms with Crippen LogP contribution in [0.3, 0.4) is 0 Å². The fourth-order valence-electron chi connectivity index (χ4n) is 2.64. The van der Waals surface area contributed by atoms with Crippen LogP contribution < -0.4 is 5.32 Å². The maximum Gasteiger partial charge on any atom is 0.349 e. The molecular formula is C22H21NO3S. The van der Waals surface area contributed by atoms with Crippen molar-refractivity contribution in [3.63, 3.8) is 0 Å². The Morgan fingerprint density at radius 3 is 2.41 bits per heavy atom. The number of carbonyl (C=O) groups is 2. The first-order chi connectivity index (χ1) is 13.1. The molecule has 0 bridgehead atoms. The van der Waals surface area contributed by atoms with Gasteiger partial charge in [0.05, 0.1) is 0 Å². The Morgan fingerprint density at radius 2 is 1.74 bits per heavy atom. The van der Waals surface area contributed by atoms with E-state index in [9.17, 15) is 9.59 Å². The number of hydrogen-bond acceptors (Lipinski definition) is 4. The molecule has 4 nitrogen and oxygen atoms in total. The molecule has 1 heterocycles. The minimum atomic E-state index is -0.976. The molecule has 1 unspecified atom stereocenters. The first kappa shape index (κ1) is 18.9. The molecule has 138 valence electrons. The molecule has 1 amide bonds. The number of rotatable bonds is 7. The van der Waals surface area contributed by atoms with Crippen molar-refractivity contribution >= 4 is 23.2 Å². The first-order valence-electron chi connectivity index (χ1n) is 8.76. The summed E-state index contributed by atoms with van der Waals surface area (Å²) < 4.78 is 5.54. The van der Waals surface area contributed by atoms with E-state index in [4.69, 9.17) is 4.74 Å². The highest BCUT2D eigenvalue weighted by molar-refractivity contribution is 7.11. The Balaban J connectivity index is 1.69. The van der Waals surface area contributed by atoms with Crippen LogP contribution in [0.2, 0.25) is 0 Å². The van der Waals surface area contributed by atoms with Crippen LogP contribution in [0.15, 0.2) is 72.1 Å². The van der Waals surface area contributed by atoms with E-state index >= 15 is 0 Å². The first-order valence-corrected chi connectivity index (χ1v) is 9.64. The van der Waals surface area contributed by atoms with Gasteiger partial charge in [0.15, 0.2) is 0 Å². The van der Waals surface area contributed by atoms with Gasteiger partial charge in [0.2, 0.25) is 6.10 Å². The molecule has 0 saturated heterocycles. The van der Waals surface area contributed by atoms with Gasteiger partial charge in [0, 0.05) is 12.1 Å². The largest absolute Gasteiger partial charge is 0.443 e. The molecule has 0 aliphatic carbocycles. The molecular weight excluding hydrogens is 358 g/mol. The summed E-state index contributed by atoms with van der Waals surface area (Å²) in [6.07, 6.45) is -0.262. The number of carbonyl (C=O) groups excluding carboxylic acids is 2. The zero-order chi connectivity index (χ0) is 19.1. The van der Waals surface area contributed by atoms with E-state index in [0.29, 0.717) is 23.4 Å². The predicted octanol–water partition coefficient (Wildman–Crippen LogP) is 4.31. The van der Waals surface area contributed by atoms with Gasteiger partial charge in [-0.05, 0) is 30.4 Å². The summed E-state index contributed by atoms with van der Waals surface area (Å²) >= 11 is 1.29. The predicted molar refractivity (Wildman–Crippen MR) is 107 cm³/mol. The number of amides is 1. The second kappa shape index (κ2) is 9.14. The molecule has 27 heavy (non-hydrogen) atoms. The molecule has 0 aliphatic heterocycles. The lowest BCUT2D eigenvalue weighted by molar-refractivity contribution is -0.130.